The van der Waals surface area contributed by atoms with Crippen molar-refractivity contribution in [1.82, 2.24) is 9.97 Å². The van der Waals surface area contributed by atoms with Gasteiger partial charge in [-0.1, -0.05) is 24.3 Å². The van der Waals surface area contributed by atoms with Crippen LogP contribution in [0.3, 0.4) is 0 Å². The van der Waals surface area contributed by atoms with Crippen molar-refractivity contribution in [3.05, 3.63) is 36.4 Å². The van der Waals surface area contributed by atoms with Gasteiger partial charge in [0.2, 0.25) is 0 Å². The van der Waals surface area contributed by atoms with Crippen molar-refractivity contribution in [2.24, 2.45) is 0 Å². The molecule has 1 aliphatic rings. The molecule has 21 heavy (non-hydrogen) atoms. The van der Waals surface area contributed by atoms with Crippen LogP contribution in [0.25, 0.3) is 21.8 Å². The molecule has 0 saturated carbocycles. The van der Waals surface area contributed by atoms with Gasteiger partial charge in [0.05, 0.1) is 24.2 Å². The second-order valence-electron chi connectivity index (χ2n) is 5.10. The lowest BCUT2D eigenvalue weighted by molar-refractivity contribution is 0.271. The van der Waals surface area contributed by atoms with Gasteiger partial charge in [0.1, 0.15) is 6.61 Å². The van der Waals surface area contributed by atoms with Crippen LogP contribution in [0.15, 0.2) is 36.4 Å². The zero-order valence-electron chi connectivity index (χ0n) is 11.5. The highest BCUT2D eigenvalue weighted by molar-refractivity contribution is 5.95. The van der Waals surface area contributed by atoms with E-state index in [2.05, 4.69) is 17.1 Å². The molecule has 3 aromatic rings. The molecule has 0 spiro atoms. The summed E-state index contributed by atoms with van der Waals surface area (Å²) in [4.78, 5) is 11.3. The van der Waals surface area contributed by atoms with Gasteiger partial charge in [-0.25, -0.2) is 9.97 Å². The van der Waals surface area contributed by atoms with Crippen LogP contribution in [0, 0.1) is 0 Å². The third kappa shape index (κ3) is 2.06. The maximum atomic E-state index is 9.17. The normalized spacial score (nSPS) is 14.2. The van der Waals surface area contributed by atoms with Crippen LogP contribution < -0.4 is 9.64 Å². The molecule has 0 saturated heterocycles. The average molecular weight is 281 g/mol. The van der Waals surface area contributed by atoms with Crippen LogP contribution in [0.2, 0.25) is 0 Å². The van der Waals surface area contributed by atoms with Gasteiger partial charge in [-0.2, -0.15) is 0 Å². The number of nitrogens with zero attached hydrogens (tertiary/aromatic N) is 3. The molecule has 2 heterocycles. The number of aromatic nitrogens is 2. The molecule has 0 unspecified atom stereocenters. The van der Waals surface area contributed by atoms with Gasteiger partial charge < -0.3 is 14.7 Å². The van der Waals surface area contributed by atoms with Crippen LogP contribution in [0.1, 0.15) is 0 Å². The first-order valence-electron chi connectivity index (χ1n) is 7.04. The van der Waals surface area contributed by atoms with Crippen molar-refractivity contribution in [1.29, 1.82) is 0 Å². The average Bonchev–Trinajstić information content (AvgIpc) is 2.52. The van der Waals surface area contributed by atoms with Crippen molar-refractivity contribution in [2.45, 2.75) is 0 Å². The Morgan fingerprint density at radius 1 is 1.10 bits per heavy atom. The van der Waals surface area contributed by atoms with Gasteiger partial charge in [0, 0.05) is 6.54 Å². The number of hydrogen-bond donors (Lipinski definition) is 1. The van der Waals surface area contributed by atoms with Crippen molar-refractivity contribution in [3.8, 4) is 5.88 Å². The fourth-order valence-corrected chi connectivity index (χ4v) is 2.72. The van der Waals surface area contributed by atoms with E-state index in [0.29, 0.717) is 19.0 Å². The van der Waals surface area contributed by atoms with Gasteiger partial charge in [0.25, 0.3) is 5.88 Å². The zero-order chi connectivity index (χ0) is 14.2. The largest absolute Gasteiger partial charge is 0.473 e. The van der Waals surface area contributed by atoms with Crippen LogP contribution in [-0.2, 0) is 0 Å². The van der Waals surface area contributed by atoms with Gasteiger partial charge in [-0.15, -0.1) is 0 Å². The summed E-state index contributed by atoms with van der Waals surface area (Å²) in [5, 5.41) is 11.5. The first-order valence-corrected chi connectivity index (χ1v) is 7.04. The predicted octanol–water partition coefficient (Wildman–Crippen LogP) is 1.97. The molecule has 5 heteroatoms. The van der Waals surface area contributed by atoms with E-state index >= 15 is 0 Å². The van der Waals surface area contributed by atoms with E-state index in [1.165, 1.54) is 0 Å². The molecule has 0 bridgehead atoms. The Morgan fingerprint density at radius 2 is 1.81 bits per heavy atom. The fourth-order valence-electron chi connectivity index (χ4n) is 2.72. The van der Waals surface area contributed by atoms with Gasteiger partial charge in [0.15, 0.2) is 5.82 Å². The maximum absolute atomic E-state index is 9.17. The molecule has 0 atom stereocenters. The second kappa shape index (κ2) is 4.86. The van der Waals surface area contributed by atoms with E-state index in [1.54, 1.807) is 0 Å². The highest BCUT2D eigenvalue weighted by Crippen LogP contribution is 2.31. The number of ether oxygens (including phenoxy) is 1. The minimum absolute atomic E-state index is 0.0941. The smallest absolute Gasteiger partial charge is 0.258 e. The monoisotopic (exact) mass is 281 g/mol. The van der Waals surface area contributed by atoms with E-state index in [4.69, 9.17) is 14.8 Å². The lowest BCUT2D eigenvalue weighted by atomic mass is 10.1. The molecule has 1 aromatic heterocycles. The first kappa shape index (κ1) is 12.3. The van der Waals surface area contributed by atoms with Crippen molar-refractivity contribution >= 4 is 27.6 Å². The molecule has 0 amide bonds. The summed E-state index contributed by atoms with van der Waals surface area (Å²) in [5.41, 5.74) is 1.68. The van der Waals surface area contributed by atoms with Crippen LogP contribution in [-0.4, -0.2) is 41.4 Å². The van der Waals surface area contributed by atoms with Crippen LogP contribution in [0.5, 0.6) is 5.88 Å². The van der Waals surface area contributed by atoms with Gasteiger partial charge in [-0.05, 0) is 22.9 Å². The zero-order valence-corrected chi connectivity index (χ0v) is 11.5. The predicted molar refractivity (Wildman–Crippen MR) is 81.8 cm³/mol. The summed E-state index contributed by atoms with van der Waals surface area (Å²) < 4.78 is 5.62. The molecule has 106 valence electrons. The minimum atomic E-state index is 0.0941. The standard InChI is InChI=1S/C16H15N3O2/c20-7-5-19-6-8-21-16-15(19)17-13-9-11-3-1-2-4-12(11)10-14(13)18-16/h1-4,9-10,20H,5-8H2. The molecular formula is C16H15N3O2. The maximum Gasteiger partial charge on any atom is 0.258 e. The summed E-state index contributed by atoms with van der Waals surface area (Å²) in [7, 11) is 0. The molecule has 0 fully saturated rings. The second-order valence-corrected chi connectivity index (χ2v) is 5.10. The summed E-state index contributed by atoms with van der Waals surface area (Å²) >= 11 is 0. The lowest BCUT2D eigenvalue weighted by Crippen LogP contribution is -2.36. The van der Waals surface area contributed by atoms with Gasteiger partial charge >= 0.3 is 0 Å². The summed E-state index contributed by atoms with van der Waals surface area (Å²) in [6.07, 6.45) is 0. The molecule has 1 aliphatic heterocycles. The summed E-state index contributed by atoms with van der Waals surface area (Å²) in [6, 6.07) is 12.2. The minimum Gasteiger partial charge on any atom is -0.473 e. The Hall–Kier alpha value is -2.40. The molecule has 4 rings (SSSR count). The summed E-state index contributed by atoms with van der Waals surface area (Å²) in [6.45, 7) is 1.93. The van der Waals surface area contributed by atoms with Gasteiger partial charge in [-0.3, -0.25) is 0 Å². The molecule has 2 aromatic carbocycles. The van der Waals surface area contributed by atoms with Crippen molar-refractivity contribution in [2.75, 3.05) is 31.2 Å². The molecule has 0 radical (unpaired) electrons. The summed E-state index contributed by atoms with van der Waals surface area (Å²) in [5.74, 6) is 1.27. The topological polar surface area (TPSA) is 58.5 Å². The van der Waals surface area contributed by atoms with E-state index < -0.39 is 0 Å². The molecule has 0 aliphatic carbocycles. The third-order valence-electron chi connectivity index (χ3n) is 3.75. The van der Waals surface area contributed by atoms with E-state index in [9.17, 15) is 0 Å². The van der Waals surface area contributed by atoms with Crippen molar-refractivity contribution < 1.29 is 9.84 Å². The van der Waals surface area contributed by atoms with E-state index in [1.807, 2.05) is 29.2 Å². The highest BCUT2D eigenvalue weighted by atomic mass is 16.5. The number of benzene rings is 2. The highest BCUT2D eigenvalue weighted by Gasteiger charge is 2.21. The first-order chi connectivity index (χ1) is 10.3. The number of anilines is 1. The van der Waals surface area contributed by atoms with Crippen LogP contribution in [0.4, 0.5) is 5.82 Å². The number of rotatable bonds is 2. The third-order valence-corrected chi connectivity index (χ3v) is 3.75. The SMILES string of the molecule is OCCN1CCOc2nc3cc4ccccc4cc3nc21. The molecule has 5 nitrogen and oxygen atoms in total. The number of fused-ring (bicyclic) bond motifs is 3. The van der Waals surface area contributed by atoms with E-state index in [-0.39, 0.29) is 6.61 Å². The fraction of sp³-hybridized carbons (Fsp3) is 0.250. The number of aliphatic hydroxyl groups excluding tert-OH is 1. The number of hydrogen-bond acceptors (Lipinski definition) is 5. The Balaban J connectivity index is 1.93. The van der Waals surface area contributed by atoms with Crippen LogP contribution >= 0.6 is 0 Å². The molecule has 1 N–H and O–H groups in total. The quantitative estimate of drug-likeness (QED) is 0.728. The Kier molecular flexibility index (Phi) is 2.86. The Labute approximate surface area is 121 Å². The molecular weight excluding hydrogens is 266 g/mol. The Bertz CT molecular complexity index is 819. The number of β-amino-alcohol motifs (C(OH)–C–C–N with tert-alkyl or cyclic N) is 1. The number of aliphatic hydroxyl groups is 1. The Morgan fingerprint density at radius 3 is 2.52 bits per heavy atom. The van der Waals surface area contributed by atoms with E-state index in [0.717, 1.165) is 34.2 Å². The lowest BCUT2D eigenvalue weighted by Gasteiger charge is -2.28. The van der Waals surface area contributed by atoms with Crippen molar-refractivity contribution in [3.63, 3.8) is 0 Å².